The molecule has 1 N–H and O–H groups in total. The van der Waals surface area contributed by atoms with Crippen molar-refractivity contribution in [3.05, 3.63) is 77.8 Å². The summed E-state index contributed by atoms with van der Waals surface area (Å²) < 4.78 is 31.8. The second-order valence-corrected chi connectivity index (χ2v) is 7.20. The highest BCUT2D eigenvalue weighted by Crippen LogP contribution is 2.22. The van der Waals surface area contributed by atoms with Gasteiger partial charge >= 0.3 is 0 Å². The highest BCUT2D eigenvalue weighted by Gasteiger charge is 2.03. The van der Waals surface area contributed by atoms with E-state index in [1.54, 1.807) is 6.20 Å². The van der Waals surface area contributed by atoms with Crippen molar-refractivity contribution in [1.82, 2.24) is 9.71 Å². The van der Waals surface area contributed by atoms with E-state index in [1.165, 1.54) is 6.08 Å². The number of hydrogen-bond donors (Lipinski definition) is 1. The highest BCUT2D eigenvalue weighted by molar-refractivity contribution is 7.92. The van der Waals surface area contributed by atoms with E-state index in [-0.39, 0.29) is 13.2 Å². The number of para-hydroxylation sites is 1. The molecule has 1 heterocycles. The molecule has 0 saturated heterocycles. The summed E-state index contributed by atoms with van der Waals surface area (Å²) in [6.45, 7) is 0.163. The minimum Gasteiger partial charge on any atom is -0.479 e. The third-order valence-corrected chi connectivity index (χ3v) is 4.66. The molecule has 27 heavy (non-hydrogen) atoms. The lowest BCUT2D eigenvalue weighted by molar-refractivity contribution is 0.374. The molecule has 0 amide bonds. The molecule has 0 radical (unpaired) electrons. The van der Waals surface area contributed by atoms with Gasteiger partial charge in [-0.3, -0.25) is 4.98 Å². The van der Waals surface area contributed by atoms with E-state index in [0.717, 1.165) is 21.9 Å². The molecule has 0 spiro atoms. The molecule has 1 aromatic heterocycles. The lowest BCUT2D eigenvalue weighted by Gasteiger charge is -2.05. The van der Waals surface area contributed by atoms with Crippen LogP contribution in [0, 0.1) is 11.8 Å². The maximum Gasteiger partial charge on any atom is 0.234 e. The summed E-state index contributed by atoms with van der Waals surface area (Å²) in [4.78, 5) is 4.30. The first-order valence-electron chi connectivity index (χ1n) is 8.29. The fraction of sp³-hybridized carbons (Fsp3) is 0.0952. The summed E-state index contributed by atoms with van der Waals surface area (Å²) in [6, 6.07) is 18.7. The predicted molar refractivity (Wildman–Crippen MR) is 107 cm³/mol. The first-order valence-corrected chi connectivity index (χ1v) is 9.84. The van der Waals surface area contributed by atoms with Crippen molar-refractivity contribution in [2.45, 2.75) is 0 Å². The molecule has 3 rings (SSSR count). The molecule has 3 aromatic rings. The fourth-order valence-electron chi connectivity index (χ4n) is 2.34. The smallest absolute Gasteiger partial charge is 0.234 e. The average molecular weight is 378 g/mol. The van der Waals surface area contributed by atoms with Crippen molar-refractivity contribution in [1.29, 1.82) is 0 Å². The molecule has 0 bridgehead atoms. The lowest BCUT2D eigenvalue weighted by atomic mass is 10.2. The zero-order chi connectivity index (χ0) is 19.0. The molecular formula is C21H18N2O3S. The third kappa shape index (κ3) is 5.68. The van der Waals surface area contributed by atoms with Gasteiger partial charge in [-0.25, -0.2) is 8.42 Å². The Balaban J connectivity index is 1.50. The SMILES string of the molecule is O=S(=O)(/C=C/c1ccccc1)NCC#CCOc1cccc2cccnc12. The summed E-state index contributed by atoms with van der Waals surface area (Å²) in [5.74, 6) is 6.18. The topological polar surface area (TPSA) is 68.3 Å². The molecule has 0 aliphatic rings. The summed E-state index contributed by atoms with van der Waals surface area (Å²) in [7, 11) is -3.53. The molecule has 136 valence electrons. The normalized spacial score (nSPS) is 11.3. The van der Waals surface area contributed by atoms with Gasteiger partial charge in [0.05, 0.1) is 6.54 Å². The van der Waals surface area contributed by atoms with Crippen LogP contribution in [0.2, 0.25) is 0 Å². The zero-order valence-corrected chi connectivity index (χ0v) is 15.3. The van der Waals surface area contributed by atoms with Crippen molar-refractivity contribution >= 4 is 27.0 Å². The molecule has 0 unspecified atom stereocenters. The largest absolute Gasteiger partial charge is 0.479 e. The van der Waals surface area contributed by atoms with Gasteiger partial charge in [-0.05, 0) is 23.8 Å². The molecule has 0 fully saturated rings. The van der Waals surface area contributed by atoms with Gasteiger partial charge in [-0.15, -0.1) is 0 Å². The van der Waals surface area contributed by atoms with Crippen molar-refractivity contribution in [2.75, 3.05) is 13.2 Å². The van der Waals surface area contributed by atoms with Crippen molar-refractivity contribution in [2.24, 2.45) is 0 Å². The van der Waals surface area contributed by atoms with Gasteiger partial charge in [0, 0.05) is 17.0 Å². The fourth-order valence-corrected chi connectivity index (χ4v) is 3.04. The van der Waals surface area contributed by atoms with Crippen LogP contribution < -0.4 is 9.46 Å². The van der Waals surface area contributed by atoms with Crippen molar-refractivity contribution in [3.63, 3.8) is 0 Å². The Labute approximate surface area is 158 Å². The van der Waals surface area contributed by atoms with E-state index in [2.05, 4.69) is 21.5 Å². The van der Waals surface area contributed by atoms with E-state index in [9.17, 15) is 8.42 Å². The van der Waals surface area contributed by atoms with Gasteiger partial charge in [-0.2, -0.15) is 4.72 Å². The van der Waals surface area contributed by atoms with Crippen LogP contribution in [0.3, 0.4) is 0 Å². The van der Waals surface area contributed by atoms with Crippen LogP contribution >= 0.6 is 0 Å². The summed E-state index contributed by atoms with van der Waals surface area (Å²) in [6.07, 6.45) is 3.24. The molecule has 0 aliphatic heterocycles. The maximum absolute atomic E-state index is 11.9. The van der Waals surface area contributed by atoms with E-state index >= 15 is 0 Å². The van der Waals surface area contributed by atoms with Gasteiger partial charge in [0.1, 0.15) is 17.9 Å². The van der Waals surface area contributed by atoms with Crippen LogP contribution in [0.4, 0.5) is 0 Å². The highest BCUT2D eigenvalue weighted by atomic mass is 32.2. The van der Waals surface area contributed by atoms with Gasteiger partial charge in [0.2, 0.25) is 10.0 Å². The van der Waals surface area contributed by atoms with Gasteiger partial charge in [-0.1, -0.05) is 60.4 Å². The number of benzene rings is 2. The Hall–Kier alpha value is -3.14. The average Bonchev–Trinajstić information content (AvgIpc) is 2.70. The first-order chi connectivity index (χ1) is 13.1. The zero-order valence-electron chi connectivity index (χ0n) is 14.5. The van der Waals surface area contributed by atoms with Gasteiger partial charge in [0.25, 0.3) is 0 Å². The minimum atomic E-state index is -3.53. The van der Waals surface area contributed by atoms with Crippen LogP contribution in [0.5, 0.6) is 5.75 Å². The Kier molecular flexibility index (Phi) is 6.21. The number of sulfonamides is 1. The van der Waals surface area contributed by atoms with Crippen LogP contribution in [0.15, 0.2) is 72.3 Å². The molecule has 0 saturated carbocycles. The van der Waals surface area contributed by atoms with E-state index < -0.39 is 10.0 Å². The predicted octanol–water partition coefficient (Wildman–Crippen LogP) is 3.21. The van der Waals surface area contributed by atoms with Crippen LogP contribution in [0.25, 0.3) is 17.0 Å². The number of nitrogens with zero attached hydrogens (tertiary/aromatic N) is 1. The number of hydrogen-bond acceptors (Lipinski definition) is 4. The molecule has 5 nitrogen and oxygen atoms in total. The van der Waals surface area contributed by atoms with Gasteiger partial charge in [0.15, 0.2) is 0 Å². The quantitative estimate of drug-likeness (QED) is 0.669. The second-order valence-electron chi connectivity index (χ2n) is 5.55. The molecule has 6 heteroatoms. The summed E-state index contributed by atoms with van der Waals surface area (Å²) in [5, 5.41) is 2.11. The Morgan fingerprint density at radius 3 is 2.67 bits per heavy atom. The monoisotopic (exact) mass is 378 g/mol. The number of nitrogens with one attached hydrogen (secondary N) is 1. The lowest BCUT2D eigenvalue weighted by Crippen LogP contribution is -2.21. The Morgan fingerprint density at radius 2 is 1.81 bits per heavy atom. The number of fused-ring (bicyclic) bond motifs is 1. The third-order valence-electron chi connectivity index (χ3n) is 3.62. The summed E-state index contributed by atoms with van der Waals surface area (Å²) in [5.41, 5.74) is 1.58. The summed E-state index contributed by atoms with van der Waals surface area (Å²) >= 11 is 0. The van der Waals surface area contributed by atoms with E-state index in [0.29, 0.717) is 5.75 Å². The standard InChI is InChI=1S/C21H18N2O3S/c24-27(25,17-13-18-8-2-1-3-9-18)23-15-4-5-16-26-20-12-6-10-19-11-7-14-22-21(19)20/h1-3,6-14,17,23H,15-16H2/b17-13+. The minimum absolute atomic E-state index is 0.0125. The van der Waals surface area contributed by atoms with E-state index in [1.807, 2.05) is 60.7 Å². The second kappa shape index (κ2) is 8.99. The maximum atomic E-state index is 11.9. The van der Waals surface area contributed by atoms with E-state index in [4.69, 9.17) is 4.74 Å². The number of ether oxygens (including phenoxy) is 1. The molecular weight excluding hydrogens is 360 g/mol. The number of aromatic nitrogens is 1. The first kappa shape index (κ1) is 18.6. The van der Waals surface area contributed by atoms with Crippen LogP contribution in [0.1, 0.15) is 5.56 Å². The number of pyridine rings is 1. The van der Waals surface area contributed by atoms with Gasteiger partial charge < -0.3 is 4.74 Å². The van der Waals surface area contributed by atoms with Crippen molar-refractivity contribution < 1.29 is 13.2 Å². The van der Waals surface area contributed by atoms with Crippen LogP contribution in [-0.4, -0.2) is 26.6 Å². The van der Waals surface area contributed by atoms with Crippen molar-refractivity contribution in [3.8, 4) is 17.6 Å². The number of rotatable bonds is 6. The molecule has 2 aromatic carbocycles. The van der Waals surface area contributed by atoms with Crippen LogP contribution in [-0.2, 0) is 10.0 Å². The Bertz CT molecular complexity index is 1090. The molecule has 0 aliphatic carbocycles. The Morgan fingerprint density at radius 1 is 1.00 bits per heavy atom. The molecule has 0 atom stereocenters.